The Morgan fingerprint density at radius 2 is 0.412 bits per heavy atom. The second kappa shape index (κ2) is 25.9. The minimum absolute atomic E-state index is 0.0504. The van der Waals surface area contributed by atoms with Crippen LogP contribution in [0.3, 0.4) is 0 Å². The van der Waals surface area contributed by atoms with E-state index in [1.165, 1.54) is 0 Å². The molecular weight excluding hydrogens is 1000 g/mol. The summed E-state index contributed by atoms with van der Waals surface area (Å²) in [5.41, 5.74) is 8.27. The van der Waals surface area contributed by atoms with Gasteiger partial charge < -0.3 is 62.1 Å². The zero-order chi connectivity index (χ0) is 56.5. The van der Waals surface area contributed by atoms with Gasteiger partial charge in [-0.05, 0) is 72.2 Å². The second-order valence-corrected chi connectivity index (χ2v) is 21.1. The molecule has 0 spiro atoms. The molecule has 0 heterocycles. The second-order valence-electron chi connectivity index (χ2n) is 21.1. The van der Waals surface area contributed by atoms with E-state index in [0.717, 1.165) is 22.3 Å². The number of aromatic hydroxyl groups is 8. The van der Waals surface area contributed by atoms with Gasteiger partial charge >= 0.3 is 0 Å². The fraction of sp³-hybridized carbons (Fsp3) is 0.294. The number of nitrogens with one attached hydrogen (secondary N) is 4. The topological polar surface area (TPSA) is 210 Å². The standard InChI is InChI=1S/C68H76N4O8/c1-5-45-49-29-51(63(75)57(61(49)73)37-69-33-41-21-13-9-14-22-41)46(6-2)53-31-55(67(79)59(65(53)77)39-71-35-43-25-17-11-18-26-43)48(8-4)56-32-54(66(78)60(68(56)80)40-72-36-44-27-19-12-20-28-44)47(7-3)52-30-50(45)62(74)58(64(52)76)38-70-34-42-23-15-10-16-24-42/h9-32,45-48,69-80H,5-8,33-40H2,1-4H3. The summed E-state index contributed by atoms with van der Waals surface area (Å²) in [7, 11) is 0. The summed E-state index contributed by atoms with van der Waals surface area (Å²) in [5, 5.41) is 116. The summed E-state index contributed by atoms with van der Waals surface area (Å²) in [6, 6.07) is 46.4. The number of phenolic OH excluding ortho intramolecular Hbond substituents is 8. The molecule has 1 aliphatic rings. The van der Waals surface area contributed by atoms with Crippen molar-refractivity contribution in [3.63, 3.8) is 0 Å². The lowest BCUT2D eigenvalue weighted by molar-refractivity contribution is 0.407. The van der Waals surface area contributed by atoms with Crippen LogP contribution in [0.15, 0.2) is 146 Å². The first kappa shape index (κ1) is 56.7. The molecule has 0 saturated heterocycles. The molecule has 9 rings (SSSR count). The molecule has 0 atom stereocenters. The van der Waals surface area contributed by atoms with Crippen molar-refractivity contribution in [1.29, 1.82) is 0 Å². The van der Waals surface area contributed by atoms with Gasteiger partial charge in [-0.3, -0.25) is 0 Å². The lowest BCUT2D eigenvalue weighted by Gasteiger charge is -2.31. The Morgan fingerprint density at radius 3 is 0.562 bits per heavy atom. The van der Waals surface area contributed by atoms with Gasteiger partial charge in [0.2, 0.25) is 0 Å². The Bertz CT molecular complexity index is 2830. The molecule has 0 fully saturated rings. The fourth-order valence-corrected chi connectivity index (χ4v) is 12.0. The van der Waals surface area contributed by atoms with Gasteiger partial charge in [-0.25, -0.2) is 0 Å². The molecule has 0 aromatic heterocycles. The molecule has 12 N–H and O–H groups in total. The Balaban J connectivity index is 1.32. The summed E-state index contributed by atoms with van der Waals surface area (Å²) in [4.78, 5) is 0. The van der Waals surface area contributed by atoms with E-state index in [-0.39, 0.29) is 94.4 Å². The van der Waals surface area contributed by atoms with Crippen LogP contribution >= 0.6 is 0 Å². The number of hydrogen-bond donors (Lipinski definition) is 12. The van der Waals surface area contributed by atoms with Crippen LogP contribution in [0.25, 0.3) is 0 Å². The molecule has 0 saturated carbocycles. The van der Waals surface area contributed by atoms with E-state index in [9.17, 15) is 40.9 Å². The summed E-state index contributed by atoms with van der Waals surface area (Å²) in [6.45, 7) is 9.75. The van der Waals surface area contributed by atoms with Crippen molar-refractivity contribution in [3.8, 4) is 46.0 Å². The molecule has 0 aliphatic heterocycles. The quantitative estimate of drug-likeness (QED) is 0.0344. The van der Waals surface area contributed by atoms with Crippen LogP contribution in [0.2, 0.25) is 0 Å². The summed E-state index contributed by atoms with van der Waals surface area (Å²) in [5.74, 6) is -4.26. The highest BCUT2D eigenvalue weighted by molar-refractivity contribution is 5.68. The van der Waals surface area contributed by atoms with E-state index in [0.29, 0.717) is 96.4 Å². The largest absolute Gasteiger partial charge is 0.507 e. The summed E-state index contributed by atoms with van der Waals surface area (Å²) < 4.78 is 0. The van der Waals surface area contributed by atoms with Crippen molar-refractivity contribution in [2.24, 2.45) is 0 Å². The molecule has 12 heteroatoms. The van der Waals surface area contributed by atoms with E-state index >= 15 is 0 Å². The first-order chi connectivity index (χ1) is 38.9. The van der Waals surface area contributed by atoms with Gasteiger partial charge in [0.05, 0.1) is 22.3 Å². The number of fused-ring (bicyclic) bond motifs is 8. The third-order valence-electron chi connectivity index (χ3n) is 16.2. The van der Waals surface area contributed by atoms with Crippen LogP contribution in [0.5, 0.6) is 46.0 Å². The van der Waals surface area contributed by atoms with E-state index in [1.807, 2.05) is 149 Å². The van der Waals surface area contributed by atoms with E-state index < -0.39 is 23.7 Å². The first-order valence-electron chi connectivity index (χ1n) is 28.2. The number of hydrogen-bond acceptors (Lipinski definition) is 12. The van der Waals surface area contributed by atoms with Gasteiger partial charge in [0.25, 0.3) is 0 Å². The van der Waals surface area contributed by atoms with Crippen molar-refractivity contribution in [1.82, 2.24) is 21.3 Å². The minimum atomic E-state index is -0.731. The lowest BCUT2D eigenvalue weighted by Crippen LogP contribution is -2.18. The van der Waals surface area contributed by atoms with Crippen molar-refractivity contribution in [2.45, 2.75) is 129 Å². The SMILES string of the molecule is CCC1c2cc(c(O)c(CNCc3ccccc3)c2O)C(CC)c2cc(c(O)c(CNCc3ccccc3)c2O)C(CC)c2cc(c(O)c(CNCc3ccccc3)c2O)C(CC)c2cc1c(O)c(CNCc1ccccc1)c2O. The third-order valence-corrected chi connectivity index (χ3v) is 16.2. The fourth-order valence-electron chi connectivity index (χ4n) is 12.0. The highest BCUT2D eigenvalue weighted by atomic mass is 16.3. The van der Waals surface area contributed by atoms with Crippen molar-refractivity contribution in [2.75, 3.05) is 0 Å². The molecule has 8 bridgehead atoms. The van der Waals surface area contributed by atoms with E-state index in [1.54, 1.807) is 24.3 Å². The Kier molecular flexibility index (Phi) is 18.3. The highest BCUT2D eigenvalue weighted by Gasteiger charge is 2.36. The van der Waals surface area contributed by atoms with Crippen LogP contribution in [-0.4, -0.2) is 40.9 Å². The number of benzene rings is 8. The van der Waals surface area contributed by atoms with Crippen molar-refractivity contribution in [3.05, 3.63) is 235 Å². The molecule has 8 aromatic carbocycles. The number of phenols is 8. The predicted molar refractivity (Wildman–Crippen MR) is 316 cm³/mol. The monoisotopic (exact) mass is 1080 g/mol. The molecule has 80 heavy (non-hydrogen) atoms. The molecule has 416 valence electrons. The summed E-state index contributed by atoms with van der Waals surface area (Å²) >= 11 is 0. The Morgan fingerprint density at radius 1 is 0.250 bits per heavy atom. The average Bonchev–Trinajstić information content (AvgIpc) is 3.56. The average molecular weight is 1080 g/mol. The van der Waals surface area contributed by atoms with Crippen LogP contribution in [-0.2, 0) is 52.4 Å². The molecule has 8 aromatic rings. The van der Waals surface area contributed by atoms with Crippen LogP contribution < -0.4 is 21.3 Å². The first-order valence-corrected chi connectivity index (χ1v) is 28.2. The van der Waals surface area contributed by atoms with Gasteiger partial charge in [-0.2, -0.15) is 0 Å². The molecule has 0 unspecified atom stereocenters. The maximum Gasteiger partial charge on any atom is 0.127 e. The van der Waals surface area contributed by atoms with Crippen LogP contribution in [0.1, 0.15) is 166 Å². The maximum atomic E-state index is 12.7. The van der Waals surface area contributed by atoms with Gasteiger partial charge in [0.1, 0.15) is 46.0 Å². The van der Waals surface area contributed by atoms with Crippen molar-refractivity contribution >= 4 is 0 Å². The molecule has 12 nitrogen and oxygen atoms in total. The summed E-state index contributed by atoms with van der Waals surface area (Å²) in [6.07, 6.45) is 1.42. The van der Waals surface area contributed by atoms with E-state index in [2.05, 4.69) is 21.3 Å². The molecule has 0 radical (unpaired) electrons. The number of rotatable bonds is 20. The minimum Gasteiger partial charge on any atom is -0.507 e. The van der Waals surface area contributed by atoms with Gasteiger partial charge in [-0.15, -0.1) is 0 Å². The molecular formula is C68H76N4O8. The predicted octanol–water partition coefficient (Wildman–Crippen LogP) is 13.0. The normalized spacial score (nSPS) is 15.9. The van der Waals surface area contributed by atoms with Crippen LogP contribution in [0, 0.1) is 0 Å². The van der Waals surface area contributed by atoms with Crippen molar-refractivity contribution < 1.29 is 40.9 Å². The van der Waals surface area contributed by atoms with Gasteiger partial charge in [0, 0.05) is 121 Å². The van der Waals surface area contributed by atoms with Crippen LogP contribution in [0.4, 0.5) is 0 Å². The zero-order valence-corrected chi connectivity index (χ0v) is 46.2. The molecule has 0 amide bonds. The third kappa shape index (κ3) is 11.8. The zero-order valence-electron chi connectivity index (χ0n) is 46.2. The van der Waals surface area contributed by atoms with Gasteiger partial charge in [0.15, 0.2) is 0 Å². The molecule has 1 aliphatic carbocycles. The smallest absolute Gasteiger partial charge is 0.127 e. The maximum absolute atomic E-state index is 12.7. The Hall–Kier alpha value is -8.00. The van der Waals surface area contributed by atoms with Gasteiger partial charge in [-0.1, -0.05) is 149 Å². The Labute approximate surface area is 470 Å². The highest BCUT2D eigenvalue weighted by Crippen LogP contribution is 2.55. The van der Waals surface area contributed by atoms with E-state index in [4.69, 9.17) is 0 Å². The lowest BCUT2D eigenvalue weighted by atomic mass is 9.75.